The SMILES string of the molecule is C[C@H](Cc1ccc2c(c1)OCCn1cc(N3[C@H](C(F)F)COC34COC4)nc1-2)C(N)=O. The zero-order valence-corrected chi connectivity index (χ0v) is 17.1. The van der Waals surface area contributed by atoms with Crippen molar-refractivity contribution in [3.63, 3.8) is 0 Å². The normalized spacial score (nSPS) is 22.5. The Morgan fingerprint density at radius 2 is 2.19 bits per heavy atom. The molecule has 1 amide bonds. The topological polar surface area (TPSA) is 91.8 Å². The predicted molar refractivity (Wildman–Crippen MR) is 107 cm³/mol. The molecule has 31 heavy (non-hydrogen) atoms. The summed E-state index contributed by atoms with van der Waals surface area (Å²) in [5.74, 6) is 1.09. The Morgan fingerprint density at radius 1 is 1.39 bits per heavy atom. The number of nitrogens with zero attached hydrogens (tertiary/aromatic N) is 3. The van der Waals surface area contributed by atoms with Gasteiger partial charge in [0.05, 0.1) is 31.9 Å². The van der Waals surface area contributed by atoms with Gasteiger partial charge < -0.3 is 29.4 Å². The van der Waals surface area contributed by atoms with Crippen LogP contribution in [0.4, 0.5) is 14.6 Å². The Kier molecular flexibility index (Phi) is 4.86. The molecule has 1 spiro atoms. The molecule has 2 aromatic rings. The Bertz CT molecular complexity index is 1010. The second-order valence-corrected chi connectivity index (χ2v) is 8.32. The fourth-order valence-electron chi connectivity index (χ4n) is 4.36. The summed E-state index contributed by atoms with van der Waals surface area (Å²) in [6, 6.07) is 4.62. The van der Waals surface area contributed by atoms with Gasteiger partial charge in [-0.2, -0.15) is 0 Å². The number of anilines is 1. The van der Waals surface area contributed by atoms with Crippen molar-refractivity contribution in [1.29, 1.82) is 0 Å². The fraction of sp³-hybridized carbons (Fsp3) is 0.524. The van der Waals surface area contributed by atoms with Crippen LogP contribution in [0.3, 0.4) is 0 Å². The van der Waals surface area contributed by atoms with Crippen LogP contribution in [0.15, 0.2) is 24.4 Å². The Hall–Kier alpha value is -2.72. The lowest BCUT2D eigenvalue weighted by molar-refractivity contribution is -0.182. The summed E-state index contributed by atoms with van der Waals surface area (Å²) in [7, 11) is 0. The number of carbonyl (C=O) groups excluding carboxylic acids is 1. The first-order chi connectivity index (χ1) is 14.9. The van der Waals surface area contributed by atoms with Gasteiger partial charge in [-0.05, 0) is 24.1 Å². The molecular weight excluding hydrogens is 410 g/mol. The molecule has 1 aromatic heterocycles. The van der Waals surface area contributed by atoms with Crippen LogP contribution >= 0.6 is 0 Å². The molecule has 4 heterocycles. The smallest absolute Gasteiger partial charge is 0.261 e. The number of halogens is 2. The van der Waals surface area contributed by atoms with Crippen LogP contribution in [0.1, 0.15) is 12.5 Å². The number of benzene rings is 1. The maximum Gasteiger partial charge on any atom is 0.261 e. The van der Waals surface area contributed by atoms with E-state index in [0.29, 0.717) is 37.0 Å². The molecule has 2 fully saturated rings. The summed E-state index contributed by atoms with van der Waals surface area (Å²) in [4.78, 5) is 17.7. The van der Waals surface area contributed by atoms with E-state index in [1.165, 1.54) is 0 Å². The third kappa shape index (κ3) is 3.34. The molecule has 1 aromatic carbocycles. The van der Waals surface area contributed by atoms with Crippen molar-refractivity contribution in [2.75, 3.05) is 31.3 Å². The number of primary amides is 1. The van der Waals surface area contributed by atoms with Crippen molar-refractivity contribution in [2.45, 2.75) is 38.1 Å². The van der Waals surface area contributed by atoms with E-state index in [1.807, 2.05) is 22.8 Å². The number of ether oxygens (including phenoxy) is 3. The van der Waals surface area contributed by atoms with Gasteiger partial charge in [-0.25, -0.2) is 13.8 Å². The Balaban J connectivity index is 1.50. The van der Waals surface area contributed by atoms with E-state index in [-0.39, 0.29) is 31.6 Å². The van der Waals surface area contributed by atoms with E-state index < -0.39 is 18.2 Å². The molecule has 2 saturated heterocycles. The lowest BCUT2D eigenvalue weighted by Gasteiger charge is -2.44. The van der Waals surface area contributed by atoms with Crippen LogP contribution in [0.5, 0.6) is 5.75 Å². The maximum absolute atomic E-state index is 13.7. The zero-order chi connectivity index (χ0) is 21.8. The number of alkyl halides is 2. The van der Waals surface area contributed by atoms with E-state index in [2.05, 4.69) is 0 Å². The number of hydrogen-bond acceptors (Lipinski definition) is 6. The first-order valence-electron chi connectivity index (χ1n) is 10.3. The number of amides is 1. The van der Waals surface area contributed by atoms with Gasteiger partial charge in [0.15, 0.2) is 5.72 Å². The lowest BCUT2D eigenvalue weighted by atomic mass is 9.99. The molecule has 166 valence electrons. The molecule has 2 N–H and O–H groups in total. The van der Waals surface area contributed by atoms with E-state index in [9.17, 15) is 13.6 Å². The summed E-state index contributed by atoms with van der Waals surface area (Å²) >= 11 is 0. The first kappa shape index (κ1) is 20.2. The fourth-order valence-corrected chi connectivity index (χ4v) is 4.36. The Labute approximate surface area is 177 Å². The van der Waals surface area contributed by atoms with Crippen molar-refractivity contribution in [3.05, 3.63) is 30.0 Å². The largest absolute Gasteiger partial charge is 0.491 e. The minimum Gasteiger partial charge on any atom is -0.491 e. The number of rotatable bonds is 5. The van der Waals surface area contributed by atoms with E-state index in [1.54, 1.807) is 18.0 Å². The number of carbonyl (C=O) groups is 1. The standard InChI is InChI=1S/C21H24F2N4O4/c1-12(19(24)28)6-13-2-3-14-16(7-13)30-5-4-26-8-17(25-20(14)26)27-15(18(22)23)9-31-21(27)10-29-11-21/h2-3,7-8,12,15,18H,4-6,9-11H2,1H3,(H2,24,28)/t12-,15+/m1/s1. The molecule has 10 heteroatoms. The summed E-state index contributed by atoms with van der Waals surface area (Å²) < 4.78 is 46.3. The highest BCUT2D eigenvalue weighted by atomic mass is 19.3. The van der Waals surface area contributed by atoms with Gasteiger partial charge in [0, 0.05) is 12.1 Å². The highest BCUT2D eigenvalue weighted by Crippen LogP contribution is 2.42. The third-order valence-corrected chi connectivity index (χ3v) is 6.15. The van der Waals surface area contributed by atoms with E-state index in [4.69, 9.17) is 24.9 Å². The molecule has 3 aliphatic rings. The summed E-state index contributed by atoms with van der Waals surface area (Å²) in [5, 5.41) is 0. The minimum atomic E-state index is -2.56. The zero-order valence-electron chi connectivity index (χ0n) is 17.1. The molecular formula is C21H24F2N4O4. The Morgan fingerprint density at radius 3 is 2.87 bits per heavy atom. The van der Waals surface area contributed by atoms with Crippen molar-refractivity contribution in [1.82, 2.24) is 9.55 Å². The predicted octanol–water partition coefficient (Wildman–Crippen LogP) is 1.80. The van der Waals surface area contributed by atoms with Crippen molar-refractivity contribution < 1.29 is 27.8 Å². The lowest BCUT2D eigenvalue weighted by Crippen LogP contribution is -2.62. The second-order valence-electron chi connectivity index (χ2n) is 8.32. The second kappa shape index (κ2) is 7.45. The molecule has 8 nitrogen and oxygen atoms in total. The van der Waals surface area contributed by atoms with Crippen LogP contribution < -0.4 is 15.4 Å². The van der Waals surface area contributed by atoms with Crippen LogP contribution in [0, 0.1) is 5.92 Å². The molecule has 0 bridgehead atoms. The number of nitrogens with two attached hydrogens (primary N) is 1. The van der Waals surface area contributed by atoms with Gasteiger partial charge in [-0.3, -0.25) is 4.79 Å². The van der Waals surface area contributed by atoms with Crippen LogP contribution in [0.2, 0.25) is 0 Å². The van der Waals surface area contributed by atoms with E-state index in [0.717, 1.165) is 11.1 Å². The molecule has 2 atom stereocenters. The average molecular weight is 434 g/mol. The molecule has 0 radical (unpaired) electrons. The number of fused-ring (bicyclic) bond motifs is 3. The first-order valence-corrected chi connectivity index (χ1v) is 10.3. The molecule has 3 aliphatic heterocycles. The van der Waals surface area contributed by atoms with Crippen molar-refractivity contribution >= 4 is 11.7 Å². The molecule has 0 unspecified atom stereocenters. The van der Waals surface area contributed by atoms with Gasteiger partial charge in [-0.15, -0.1) is 0 Å². The number of imidazole rings is 1. The summed E-state index contributed by atoms with van der Waals surface area (Å²) in [5.41, 5.74) is 6.21. The summed E-state index contributed by atoms with van der Waals surface area (Å²) in [6.07, 6.45) is -0.275. The average Bonchev–Trinajstić information content (AvgIpc) is 3.26. The van der Waals surface area contributed by atoms with E-state index >= 15 is 0 Å². The van der Waals surface area contributed by atoms with Gasteiger partial charge in [0.1, 0.15) is 30.0 Å². The summed E-state index contributed by atoms with van der Waals surface area (Å²) in [6.45, 7) is 3.13. The van der Waals surface area contributed by atoms with Gasteiger partial charge in [-0.1, -0.05) is 13.0 Å². The van der Waals surface area contributed by atoms with Crippen molar-refractivity contribution in [2.24, 2.45) is 11.7 Å². The quantitative estimate of drug-likeness (QED) is 0.772. The van der Waals surface area contributed by atoms with Crippen molar-refractivity contribution in [3.8, 4) is 17.1 Å². The maximum atomic E-state index is 13.7. The molecule has 5 rings (SSSR count). The van der Waals surface area contributed by atoms with Crippen LogP contribution in [-0.2, 0) is 27.2 Å². The third-order valence-electron chi connectivity index (χ3n) is 6.15. The van der Waals surface area contributed by atoms with Gasteiger partial charge in [0.25, 0.3) is 6.43 Å². The van der Waals surface area contributed by atoms with Gasteiger partial charge in [0.2, 0.25) is 5.91 Å². The molecule has 0 saturated carbocycles. The highest BCUT2D eigenvalue weighted by Gasteiger charge is 2.56. The number of hydrogen-bond donors (Lipinski definition) is 1. The van der Waals surface area contributed by atoms with Crippen LogP contribution in [-0.4, -0.2) is 60.1 Å². The monoisotopic (exact) mass is 434 g/mol. The minimum absolute atomic E-state index is 0.0652. The molecule has 0 aliphatic carbocycles. The number of aromatic nitrogens is 2. The van der Waals surface area contributed by atoms with Gasteiger partial charge >= 0.3 is 0 Å². The van der Waals surface area contributed by atoms with Crippen LogP contribution in [0.25, 0.3) is 11.4 Å². The highest BCUT2D eigenvalue weighted by molar-refractivity contribution is 5.76.